The third-order valence-corrected chi connectivity index (χ3v) is 5.34. The highest BCUT2D eigenvalue weighted by Gasteiger charge is 2.10. The maximum absolute atomic E-state index is 6.03. The quantitative estimate of drug-likeness (QED) is 0.171. The van der Waals surface area contributed by atoms with Crippen LogP contribution in [0.5, 0.6) is 0 Å². The van der Waals surface area contributed by atoms with Crippen LogP contribution in [0, 0.1) is 6.92 Å². The summed E-state index contributed by atoms with van der Waals surface area (Å²) in [5.74, 6) is 1.84. The Labute approximate surface area is 209 Å². The van der Waals surface area contributed by atoms with E-state index in [1.165, 1.54) is 22.2 Å². The molecule has 0 aliphatic rings. The molecule has 2 aromatic heterocycles. The van der Waals surface area contributed by atoms with Crippen molar-refractivity contribution in [2.75, 3.05) is 20.1 Å². The molecule has 168 valence electrons. The van der Waals surface area contributed by atoms with E-state index in [4.69, 9.17) is 16.1 Å². The number of fused-ring (bicyclic) bond motifs is 1. The number of aryl methyl sites for hydroxylation is 1. The summed E-state index contributed by atoms with van der Waals surface area (Å²) in [4.78, 5) is 12.2. The summed E-state index contributed by atoms with van der Waals surface area (Å²) < 4.78 is 5.35. The Morgan fingerprint density at radius 2 is 1.88 bits per heavy atom. The minimum atomic E-state index is 0. The second-order valence-electron chi connectivity index (χ2n) is 7.22. The van der Waals surface area contributed by atoms with Crippen molar-refractivity contribution in [3.05, 3.63) is 70.7 Å². The van der Waals surface area contributed by atoms with Crippen LogP contribution in [0.3, 0.4) is 0 Å². The summed E-state index contributed by atoms with van der Waals surface area (Å²) in [6.07, 6.45) is 1.50. The van der Waals surface area contributed by atoms with Gasteiger partial charge < -0.3 is 20.1 Å². The minimum absolute atomic E-state index is 0. The van der Waals surface area contributed by atoms with Gasteiger partial charge in [-0.15, -0.1) is 24.0 Å². The van der Waals surface area contributed by atoms with Gasteiger partial charge in [0.2, 0.25) is 11.7 Å². The number of nitrogens with one attached hydrogen (secondary N) is 3. The summed E-state index contributed by atoms with van der Waals surface area (Å²) in [7, 11) is 1.76. The first kappa shape index (κ1) is 24.1. The molecule has 0 spiro atoms. The third kappa shape index (κ3) is 5.80. The van der Waals surface area contributed by atoms with E-state index in [1.807, 2.05) is 30.3 Å². The van der Waals surface area contributed by atoms with Crippen molar-refractivity contribution in [3.63, 3.8) is 0 Å². The Kier molecular flexibility index (Phi) is 8.52. The maximum atomic E-state index is 6.03. The molecule has 7 nitrogen and oxygen atoms in total. The van der Waals surface area contributed by atoms with E-state index >= 15 is 0 Å². The lowest BCUT2D eigenvalue weighted by molar-refractivity contribution is 0.378. The molecule has 4 rings (SSSR count). The first-order valence-electron chi connectivity index (χ1n) is 10.2. The molecule has 0 radical (unpaired) electrons. The predicted molar refractivity (Wildman–Crippen MR) is 140 cm³/mol. The minimum Gasteiger partial charge on any atom is -0.358 e. The van der Waals surface area contributed by atoms with Crippen molar-refractivity contribution in [2.24, 2.45) is 4.99 Å². The van der Waals surface area contributed by atoms with E-state index < -0.39 is 0 Å². The Bertz CT molecular complexity index is 1200. The summed E-state index contributed by atoms with van der Waals surface area (Å²) in [6, 6.07) is 15.8. The molecule has 4 aromatic rings. The van der Waals surface area contributed by atoms with Gasteiger partial charge in [0.25, 0.3) is 0 Å². The van der Waals surface area contributed by atoms with Crippen molar-refractivity contribution in [1.29, 1.82) is 0 Å². The molecule has 0 aliphatic heterocycles. The SMILES string of the molecule is CN=C(NCCc1nc(-c2cccc(Cl)c2)no1)NCCc1c(C)[nH]c2ccccc12.I. The number of hydrogen-bond donors (Lipinski definition) is 3. The molecule has 9 heteroatoms. The van der Waals surface area contributed by atoms with Crippen molar-refractivity contribution in [2.45, 2.75) is 19.8 Å². The van der Waals surface area contributed by atoms with Gasteiger partial charge >= 0.3 is 0 Å². The van der Waals surface area contributed by atoms with Crippen molar-refractivity contribution < 1.29 is 4.52 Å². The van der Waals surface area contributed by atoms with Crippen LogP contribution < -0.4 is 10.6 Å². The van der Waals surface area contributed by atoms with Crippen LogP contribution in [0.2, 0.25) is 5.02 Å². The molecule has 0 atom stereocenters. The molecule has 0 fully saturated rings. The fourth-order valence-electron chi connectivity index (χ4n) is 3.57. The van der Waals surface area contributed by atoms with E-state index in [2.05, 4.69) is 55.9 Å². The molecule has 0 amide bonds. The van der Waals surface area contributed by atoms with E-state index in [9.17, 15) is 0 Å². The van der Waals surface area contributed by atoms with Gasteiger partial charge in [0.05, 0.1) is 0 Å². The molecule has 3 N–H and O–H groups in total. The molecular weight excluding hydrogens is 539 g/mol. The third-order valence-electron chi connectivity index (χ3n) is 5.10. The van der Waals surface area contributed by atoms with Crippen LogP contribution in [0.15, 0.2) is 58.0 Å². The van der Waals surface area contributed by atoms with Gasteiger partial charge in [-0.25, -0.2) is 0 Å². The van der Waals surface area contributed by atoms with Gasteiger partial charge in [-0.05, 0) is 37.1 Å². The number of nitrogens with zero attached hydrogens (tertiary/aromatic N) is 3. The molecule has 2 heterocycles. The van der Waals surface area contributed by atoms with Crippen LogP contribution in [0.4, 0.5) is 0 Å². The number of benzene rings is 2. The van der Waals surface area contributed by atoms with Crippen LogP contribution >= 0.6 is 35.6 Å². The van der Waals surface area contributed by atoms with E-state index in [0.29, 0.717) is 29.7 Å². The molecule has 0 aliphatic carbocycles. The largest absolute Gasteiger partial charge is 0.358 e. The van der Waals surface area contributed by atoms with Crippen molar-refractivity contribution >= 4 is 52.4 Å². The molecule has 0 saturated heterocycles. The van der Waals surface area contributed by atoms with E-state index in [1.54, 1.807) is 7.05 Å². The fraction of sp³-hybridized carbons (Fsp3) is 0.261. The van der Waals surface area contributed by atoms with Crippen LogP contribution in [0.1, 0.15) is 17.1 Å². The zero-order valence-corrected chi connectivity index (χ0v) is 21.1. The monoisotopic (exact) mass is 564 g/mol. The lowest BCUT2D eigenvalue weighted by Crippen LogP contribution is -2.39. The topological polar surface area (TPSA) is 91.1 Å². The van der Waals surface area contributed by atoms with Crippen LogP contribution in [0.25, 0.3) is 22.3 Å². The first-order chi connectivity index (χ1) is 15.1. The number of aliphatic imine (C=N–C) groups is 1. The van der Waals surface area contributed by atoms with Gasteiger partial charge in [-0.1, -0.05) is 47.1 Å². The average Bonchev–Trinajstić information content (AvgIpc) is 3.37. The van der Waals surface area contributed by atoms with Crippen molar-refractivity contribution in [3.8, 4) is 11.4 Å². The van der Waals surface area contributed by atoms with E-state index in [0.717, 1.165) is 24.5 Å². The zero-order chi connectivity index (χ0) is 21.6. The summed E-state index contributed by atoms with van der Waals surface area (Å²) in [6.45, 7) is 3.52. The predicted octanol–water partition coefficient (Wildman–Crippen LogP) is 4.75. The van der Waals surface area contributed by atoms with Crippen molar-refractivity contribution in [1.82, 2.24) is 25.8 Å². The summed E-state index contributed by atoms with van der Waals surface area (Å²) in [5.41, 5.74) is 4.55. The number of hydrogen-bond acceptors (Lipinski definition) is 4. The Morgan fingerprint density at radius 3 is 2.66 bits per heavy atom. The number of H-pyrrole nitrogens is 1. The van der Waals surface area contributed by atoms with Crippen LogP contribution in [-0.4, -0.2) is 41.2 Å². The van der Waals surface area contributed by atoms with Crippen LogP contribution in [-0.2, 0) is 12.8 Å². The van der Waals surface area contributed by atoms with Gasteiger partial charge in [0.15, 0.2) is 5.96 Å². The molecule has 0 unspecified atom stereocenters. The lowest BCUT2D eigenvalue weighted by atomic mass is 10.1. The molecule has 2 aromatic carbocycles. The summed E-state index contributed by atoms with van der Waals surface area (Å²) in [5, 5.41) is 12.6. The highest BCUT2D eigenvalue weighted by Crippen LogP contribution is 2.22. The van der Waals surface area contributed by atoms with Gasteiger partial charge in [0.1, 0.15) is 0 Å². The average molecular weight is 565 g/mol. The maximum Gasteiger partial charge on any atom is 0.228 e. The smallest absolute Gasteiger partial charge is 0.228 e. The lowest BCUT2D eigenvalue weighted by Gasteiger charge is -2.11. The molecule has 0 bridgehead atoms. The standard InChI is InChI=1S/C23H25ClN6O.HI/c1-15-18(19-8-3-4-9-20(19)28-15)10-12-26-23(25-2)27-13-11-21-29-22(30-31-21)16-6-5-7-17(24)14-16;/h3-9,14,28H,10-13H2,1-2H3,(H2,25,26,27);1H. The Balaban J connectivity index is 0.00000289. The number of guanidine groups is 1. The molecular formula is C23H26ClIN6O. The second-order valence-corrected chi connectivity index (χ2v) is 7.66. The number of halogens is 2. The zero-order valence-electron chi connectivity index (χ0n) is 18.0. The van der Waals surface area contributed by atoms with Gasteiger partial charge in [-0.2, -0.15) is 4.98 Å². The number of aromatic amines is 1. The normalized spacial score (nSPS) is 11.4. The molecule has 32 heavy (non-hydrogen) atoms. The van der Waals surface area contributed by atoms with Gasteiger partial charge in [0, 0.05) is 53.7 Å². The van der Waals surface area contributed by atoms with Gasteiger partial charge in [-0.3, -0.25) is 4.99 Å². The van der Waals surface area contributed by atoms with E-state index in [-0.39, 0.29) is 24.0 Å². The Morgan fingerprint density at radius 1 is 1.09 bits per heavy atom. The number of rotatable bonds is 7. The Hall–Kier alpha value is -2.59. The highest BCUT2D eigenvalue weighted by atomic mass is 127. The number of aromatic nitrogens is 3. The first-order valence-corrected chi connectivity index (χ1v) is 10.6. The fourth-order valence-corrected chi connectivity index (χ4v) is 3.76. The summed E-state index contributed by atoms with van der Waals surface area (Å²) >= 11 is 6.03. The molecule has 0 saturated carbocycles. The second kappa shape index (κ2) is 11.3. The number of para-hydroxylation sites is 1. The highest BCUT2D eigenvalue weighted by molar-refractivity contribution is 14.0.